The van der Waals surface area contributed by atoms with Gasteiger partial charge in [-0.2, -0.15) is 67.5 Å². The Morgan fingerprint density at radius 2 is 1.77 bits per heavy atom. The molecule has 1 saturated carbocycles. The predicted octanol–water partition coefficient (Wildman–Crippen LogP) is 7.10. The van der Waals surface area contributed by atoms with Crippen molar-refractivity contribution in [1.29, 1.82) is 0 Å². The van der Waals surface area contributed by atoms with Crippen LogP contribution in [0.2, 0.25) is 0 Å². The summed E-state index contributed by atoms with van der Waals surface area (Å²) in [7, 11) is 4.03. The summed E-state index contributed by atoms with van der Waals surface area (Å²) >= 11 is 1.50. The third-order valence-corrected chi connectivity index (χ3v) is 15.0. The molecule has 19 heteroatoms. The van der Waals surface area contributed by atoms with Crippen molar-refractivity contribution < 1.29 is 23.9 Å². The number of aryl methyl sites for hydroxylation is 1. The molecule has 3 saturated heterocycles. The molecular weight excluding hydrogens is 949 g/mol. The van der Waals surface area contributed by atoms with Crippen molar-refractivity contribution in [3.63, 3.8) is 0 Å². The Hall–Kier alpha value is -2.62. The molecule has 1 aromatic carbocycles. The fourth-order valence-corrected chi connectivity index (χ4v) is 11.1. The van der Waals surface area contributed by atoms with Crippen LogP contribution in [0.3, 0.4) is 0 Å². The molecule has 2 unspecified atom stereocenters. The number of piperazine rings is 1. The van der Waals surface area contributed by atoms with Crippen LogP contribution in [-0.2, 0) is 43.2 Å². The van der Waals surface area contributed by atoms with E-state index in [4.69, 9.17) is 19.4 Å². The molecule has 4 aliphatic heterocycles. The fourth-order valence-electron chi connectivity index (χ4n) is 10.3. The molecule has 7 atom stereocenters. The highest BCUT2D eigenvalue weighted by Crippen LogP contribution is 2.44. The minimum atomic E-state index is -0.826. The largest absolute Gasteiger partial charge is 0.464 e. The van der Waals surface area contributed by atoms with Crippen LogP contribution in [0.25, 0.3) is 33.4 Å². The lowest BCUT2D eigenvalue weighted by molar-refractivity contribution is -0.155. The molecule has 66 heavy (non-hydrogen) atoms. The van der Waals surface area contributed by atoms with Gasteiger partial charge in [0.25, 0.3) is 5.91 Å². The number of fused-ring (bicyclic) bond motifs is 8. The molecule has 366 valence electrons. The van der Waals surface area contributed by atoms with Crippen molar-refractivity contribution >= 4 is 113 Å². The Morgan fingerprint density at radius 1 is 1.06 bits per heavy atom. The maximum atomic E-state index is 14.2. The highest BCUT2D eigenvalue weighted by molar-refractivity contribution is 7.60. The van der Waals surface area contributed by atoms with Gasteiger partial charge in [0, 0.05) is 90.5 Å². The van der Waals surface area contributed by atoms with Crippen LogP contribution in [-0.4, -0.2) is 107 Å². The summed E-state index contributed by atoms with van der Waals surface area (Å²) in [5.74, 6) is -0.552. The van der Waals surface area contributed by atoms with Gasteiger partial charge in [0.15, 0.2) is 0 Å². The highest BCUT2D eigenvalue weighted by Gasteiger charge is 2.42. The first-order valence-electron chi connectivity index (χ1n) is 22.5. The first-order chi connectivity index (χ1) is 29.3. The number of methoxy groups -OCH3 is 1. The third-order valence-electron chi connectivity index (χ3n) is 14.1. The van der Waals surface area contributed by atoms with Gasteiger partial charge >= 0.3 is 5.97 Å². The Bertz CT molecular complexity index is 2330. The zero-order valence-electron chi connectivity index (χ0n) is 39.3. The minimum Gasteiger partial charge on any atom is -0.464 e. The fraction of sp³-hybridized carbons (Fsp3) is 0.596. The van der Waals surface area contributed by atoms with Gasteiger partial charge in [-0.15, -0.1) is 11.3 Å². The van der Waals surface area contributed by atoms with Gasteiger partial charge < -0.3 is 24.3 Å². The summed E-state index contributed by atoms with van der Waals surface area (Å²) in [6, 6.07) is 8.48. The van der Waals surface area contributed by atoms with E-state index < -0.39 is 17.5 Å². The highest BCUT2D eigenvalue weighted by atomic mass is 32.1. The van der Waals surface area contributed by atoms with E-state index in [-0.39, 0.29) is 110 Å². The number of nitrogens with zero attached hydrogens (tertiary/aromatic N) is 6. The van der Waals surface area contributed by atoms with E-state index >= 15 is 0 Å². The number of likely N-dealkylation sites (N-methyl/N-ethyl adjacent to an activating group) is 1. The van der Waals surface area contributed by atoms with Gasteiger partial charge in [-0.25, -0.2) is 10.4 Å². The van der Waals surface area contributed by atoms with E-state index in [0.29, 0.717) is 43.8 Å². The monoisotopic (exact) mass is 1020 g/mol. The van der Waals surface area contributed by atoms with Crippen LogP contribution in [0, 0.1) is 17.3 Å². The molecular formula is C47H72N8O5S6. The van der Waals surface area contributed by atoms with E-state index in [1.165, 1.54) is 41.2 Å². The Labute approximate surface area is 429 Å². The summed E-state index contributed by atoms with van der Waals surface area (Å²) in [5, 5.41) is 8.50. The Balaban J connectivity index is 0.00000190. The number of benzene rings is 1. The standard InChI is InChI=1S/C47H62N8O5S.5H2S/c1-8-54-40-15-14-29-18-34(40)36(43(54)35-19-32(22-48-42(35)28(3)59-7)53-23-30-11-9-12-31(24-53)52(30)6)21-47(4,5)26-60-46(58)37-13-10-16-55(51-37)45(57)38(20-41-49-39(29)25-61-41)50-44(56)33-17-27(33)2;;;;;/h14-15,18-19,22,25,27-28,30-31,33,37-38,51H,8-13,16-17,20-21,23-24,26H2,1-7H3,(H,50,56);5*1H2/t27-,28-,30?,31?,33-,37-,38-;;;;;/m0...../s1. The molecule has 4 aromatic rings. The van der Waals surface area contributed by atoms with Crippen molar-refractivity contribution in [2.24, 2.45) is 17.3 Å². The SMILES string of the molecule is CCn1c(-c2cc(N3CC4CCCC(C3)N4C)cnc2[C@H](C)OC)c2c3cc(ccc31)-c1csc(n1)C[C@H](NC(=O)[C@H]1C[C@@H]1C)C(=O)N1CCC[C@H](N1)C(=O)OCC(C)(C)C2.S.S.S.S.S. The molecule has 5 aliphatic rings. The number of ether oxygens (including phenoxy) is 2. The molecule has 9 rings (SSSR count). The smallest absolute Gasteiger partial charge is 0.324 e. The van der Waals surface area contributed by atoms with Gasteiger partial charge in [-0.05, 0) is 89.1 Å². The van der Waals surface area contributed by atoms with E-state index in [1.54, 1.807) is 7.11 Å². The van der Waals surface area contributed by atoms with Crippen LogP contribution in [0.5, 0.6) is 0 Å². The van der Waals surface area contributed by atoms with E-state index in [9.17, 15) is 14.4 Å². The van der Waals surface area contributed by atoms with Gasteiger partial charge in [-0.3, -0.25) is 29.3 Å². The number of pyridine rings is 1. The maximum Gasteiger partial charge on any atom is 0.324 e. The summed E-state index contributed by atoms with van der Waals surface area (Å²) < 4.78 is 14.6. The maximum absolute atomic E-state index is 14.2. The number of carbonyl (C=O) groups is 3. The number of anilines is 1. The van der Waals surface area contributed by atoms with E-state index in [2.05, 4.69) is 96.4 Å². The number of hydrogen-bond acceptors (Lipinski definition) is 11. The first kappa shape index (κ1) is 56.0. The van der Waals surface area contributed by atoms with Gasteiger partial charge in [0.1, 0.15) is 12.1 Å². The zero-order valence-corrected chi connectivity index (χ0v) is 45.1. The quantitative estimate of drug-likeness (QED) is 0.185. The van der Waals surface area contributed by atoms with Crippen molar-refractivity contribution in [2.75, 3.05) is 45.3 Å². The second-order valence-electron chi connectivity index (χ2n) is 19.1. The number of hydrogen-bond donors (Lipinski definition) is 2. The first-order valence-corrected chi connectivity index (χ1v) is 23.3. The van der Waals surface area contributed by atoms with Crippen LogP contribution in [0.1, 0.15) is 95.5 Å². The topological polar surface area (TPSA) is 134 Å². The lowest BCUT2D eigenvalue weighted by Crippen LogP contribution is -2.60. The van der Waals surface area contributed by atoms with Crippen LogP contribution in [0.15, 0.2) is 35.8 Å². The Kier molecular flexibility index (Phi) is 19.4. The van der Waals surface area contributed by atoms with Crippen LogP contribution >= 0.6 is 78.8 Å². The van der Waals surface area contributed by atoms with Crippen molar-refractivity contribution in [3.05, 3.63) is 52.1 Å². The summed E-state index contributed by atoms with van der Waals surface area (Å²) in [6.45, 7) is 13.9. The van der Waals surface area contributed by atoms with E-state index in [1.807, 2.05) is 6.20 Å². The van der Waals surface area contributed by atoms with Crippen molar-refractivity contribution in [2.45, 2.75) is 123 Å². The number of carbonyl (C=O) groups excluding carboxylic acids is 3. The van der Waals surface area contributed by atoms with Crippen LogP contribution < -0.4 is 15.6 Å². The number of cyclic esters (lactones) is 1. The van der Waals surface area contributed by atoms with Gasteiger partial charge in [0.2, 0.25) is 5.91 Å². The minimum absolute atomic E-state index is 0. The summed E-state index contributed by atoms with van der Waals surface area (Å²) in [6.07, 6.45) is 8.37. The molecule has 3 aromatic heterocycles. The summed E-state index contributed by atoms with van der Waals surface area (Å²) in [4.78, 5) is 56.7. The number of nitrogens with one attached hydrogen (secondary N) is 2. The molecule has 1 aliphatic carbocycles. The van der Waals surface area contributed by atoms with Gasteiger partial charge in [-0.1, -0.05) is 33.3 Å². The second-order valence-corrected chi connectivity index (χ2v) is 20.0. The predicted molar refractivity (Wildman–Crippen MR) is 290 cm³/mol. The lowest BCUT2D eigenvalue weighted by atomic mass is 9.84. The molecule has 0 spiro atoms. The van der Waals surface area contributed by atoms with Gasteiger partial charge in [0.05, 0.1) is 46.7 Å². The number of piperidine rings is 1. The molecule has 8 bridgehead atoms. The Morgan fingerprint density at radius 3 is 2.44 bits per heavy atom. The number of aromatic nitrogens is 3. The molecule has 7 heterocycles. The number of rotatable bonds is 7. The molecule has 0 radical (unpaired) electrons. The zero-order chi connectivity index (χ0) is 42.7. The van der Waals surface area contributed by atoms with E-state index in [0.717, 1.165) is 75.9 Å². The number of hydrazine groups is 1. The molecule has 13 nitrogen and oxygen atoms in total. The number of amides is 2. The van der Waals surface area contributed by atoms with Crippen molar-refractivity contribution in [1.82, 2.24) is 35.2 Å². The summed E-state index contributed by atoms with van der Waals surface area (Å²) in [5.41, 5.74) is 11.0. The second kappa shape index (κ2) is 22.9. The van der Waals surface area contributed by atoms with Crippen molar-refractivity contribution in [3.8, 4) is 22.5 Å². The molecule has 2 N–H and O–H groups in total. The average Bonchev–Trinajstić information content (AvgIpc) is 3.67. The van der Waals surface area contributed by atoms with Crippen LogP contribution in [0.4, 0.5) is 5.69 Å². The molecule has 2 amide bonds. The molecule has 4 fully saturated rings. The number of thiazole rings is 1. The third kappa shape index (κ3) is 11.2. The number of esters is 1. The average molecular weight is 1020 g/mol. The normalized spacial score (nSPS) is 25.3. The lowest BCUT2D eigenvalue weighted by Gasteiger charge is -2.49.